The molecule has 1 aromatic rings. The summed E-state index contributed by atoms with van der Waals surface area (Å²) in [5.74, 6) is -0.440. The molecule has 66 valence electrons. The van der Waals surface area contributed by atoms with Crippen molar-refractivity contribution in [3.63, 3.8) is 0 Å². The Labute approximate surface area is 80.9 Å². The van der Waals surface area contributed by atoms with Gasteiger partial charge in [0.25, 0.3) is 5.91 Å². The van der Waals surface area contributed by atoms with E-state index in [0.29, 0.717) is 10.6 Å². The summed E-state index contributed by atoms with van der Waals surface area (Å²) in [5.41, 5.74) is 1.28. The third-order valence-corrected chi connectivity index (χ3v) is 2.01. The van der Waals surface area contributed by atoms with Crippen LogP contribution in [0.5, 0.6) is 0 Å². The van der Waals surface area contributed by atoms with Crippen LogP contribution in [-0.4, -0.2) is 5.91 Å². The highest BCUT2D eigenvalue weighted by Gasteiger charge is 2.05. The molecule has 0 unspecified atom stereocenters. The van der Waals surface area contributed by atoms with Gasteiger partial charge in [-0.3, -0.25) is 10.1 Å². The molecule has 13 heavy (non-hydrogen) atoms. The number of nitrogens with zero attached hydrogens (tertiary/aromatic N) is 1. The fraction of sp³-hybridized carbons (Fsp3) is 0.111. The molecule has 0 fully saturated rings. The molecule has 0 bridgehead atoms. The van der Waals surface area contributed by atoms with Gasteiger partial charge in [-0.1, -0.05) is 17.7 Å². The molecule has 1 amide bonds. The average Bonchev–Trinajstić information content (AvgIpc) is 2.10. The van der Waals surface area contributed by atoms with E-state index in [9.17, 15) is 4.79 Å². The molecule has 4 heteroatoms. The van der Waals surface area contributed by atoms with Crippen LogP contribution in [0.25, 0.3) is 0 Å². The molecule has 0 aliphatic heterocycles. The summed E-state index contributed by atoms with van der Waals surface area (Å²) in [6, 6.07) is 4.88. The Bertz CT molecular complexity index is 382. The van der Waals surface area contributed by atoms with Crippen LogP contribution in [-0.2, 0) is 0 Å². The van der Waals surface area contributed by atoms with Crippen LogP contribution in [0.15, 0.2) is 18.2 Å². The Hall–Kier alpha value is -1.53. The van der Waals surface area contributed by atoms with Gasteiger partial charge in [0.15, 0.2) is 6.19 Å². The van der Waals surface area contributed by atoms with Crippen LogP contribution < -0.4 is 5.32 Å². The van der Waals surface area contributed by atoms with Crippen LogP contribution in [0, 0.1) is 18.4 Å². The first-order valence-corrected chi connectivity index (χ1v) is 3.98. The molecule has 0 heterocycles. The van der Waals surface area contributed by atoms with Crippen LogP contribution in [0.4, 0.5) is 0 Å². The Morgan fingerprint density at radius 2 is 2.31 bits per heavy atom. The van der Waals surface area contributed by atoms with Gasteiger partial charge < -0.3 is 0 Å². The Morgan fingerprint density at radius 1 is 1.62 bits per heavy atom. The number of benzene rings is 1. The number of rotatable bonds is 1. The fourth-order valence-electron chi connectivity index (χ4n) is 0.857. The van der Waals surface area contributed by atoms with Crippen LogP contribution >= 0.6 is 11.6 Å². The minimum atomic E-state index is -0.440. The van der Waals surface area contributed by atoms with E-state index in [2.05, 4.69) is 0 Å². The van der Waals surface area contributed by atoms with E-state index in [1.54, 1.807) is 18.3 Å². The SMILES string of the molecule is Cc1ccc(C(=O)NC#N)cc1Cl. The number of aryl methyl sites for hydroxylation is 1. The summed E-state index contributed by atoms with van der Waals surface area (Å²) in [4.78, 5) is 11.1. The number of carbonyl (C=O) groups is 1. The van der Waals surface area contributed by atoms with E-state index in [4.69, 9.17) is 16.9 Å². The fourth-order valence-corrected chi connectivity index (χ4v) is 1.04. The molecule has 0 radical (unpaired) electrons. The smallest absolute Gasteiger partial charge is 0.264 e. The lowest BCUT2D eigenvalue weighted by atomic mass is 10.1. The minimum Gasteiger partial charge on any atom is -0.268 e. The van der Waals surface area contributed by atoms with Gasteiger partial charge in [-0.2, -0.15) is 5.26 Å². The number of nitriles is 1. The normalized spacial score (nSPS) is 9.00. The highest BCUT2D eigenvalue weighted by Crippen LogP contribution is 2.16. The van der Waals surface area contributed by atoms with Crippen molar-refractivity contribution in [3.8, 4) is 6.19 Å². The van der Waals surface area contributed by atoms with E-state index in [-0.39, 0.29) is 0 Å². The zero-order valence-corrected chi connectivity index (χ0v) is 7.72. The molecule has 1 aromatic carbocycles. The predicted molar refractivity (Wildman–Crippen MR) is 49.3 cm³/mol. The van der Waals surface area contributed by atoms with Crippen molar-refractivity contribution >= 4 is 17.5 Å². The zero-order valence-electron chi connectivity index (χ0n) is 6.97. The van der Waals surface area contributed by atoms with E-state index >= 15 is 0 Å². The van der Waals surface area contributed by atoms with Gasteiger partial charge in [0.05, 0.1) is 0 Å². The maximum absolute atomic E-state index is 11.1. The van der Waals surface area contributed by atoms with Crippen molar-refractivity contribution in [2.75, 3.05) is 0 Å². The number of hydrogen-bond acceptors (Lipinski definition) is 2. The quantitative estimate of drug-likeness (QED) is 0.548. The maximum Gasteiger partial charge on any atom is 0.264 e. The van der Waals surface area contributed by atoms with Gasteiger partial charge in [0.1, 0.15) is 0 Å². The van der Waals surface area contributed by atoms with E-state index in [1.165, 1.54) is 6.07 Å². The number of amides is 1. The third kappa shape index (κ3) is 2.20. The van der Waals surface area contributed by atoms with Gasteiger partial charge in [0, 0.05) is 10.6 Å². The lowest BCUT2D eigenvalue weighted by Gasteiger charge is -2.00. The van der Waals surface area contributed by atoms with Crippen LogP contribution in [0.3, 0.4) is 0 Å². The second kappa shape index (κ2) is 3.92. The highest BCUT2D eigenvalue weighted by molar-refractivity contribution is 6.31. The van der Waals surface area contributed by atoms with Gasteiger partial charge in [-0.15, -0.1) is 0 Å². The van der Waals surface area contributed by atoms with Crippen LogP contribution in [0.1, 0.15) is 15.9 Å². The van der Waals surface area contributed by atoms with Gasteiger partial charge in [-0.05, 0) is 24.6 Å². The first kappa shape index (κ1) is 9.56. The molecule has 0 atom stereocenters. The zero-order chi connectivity index (χ0) is 9.84. The predicted octanol–water partition coefficient (Wildman–Crippen LogP) is 1.86. The molecule has 0 saturated carbocycles. The summed E-state index contributed by atoms with van der Waals surface area (Å²) in [6.45, 7) is 1.84. The lowest BCUT2D eigenvalue weighted by Crippen LogP contribution is -2.17. The number of hydrogen-bond donors (Lipinski definition) is 1. The highest BCUT2D eigenvalue weighted by atomic mass is 35.5. The Balaban J connectivity index is 2.98. The standard InChI is InChI=1S/C9H7ClN2O/c1-6-2-3-7(4-8(6)10)9(13)12-5-11/h2-4H,1H3,(H,12,13). The summed E-state index contributed by atoms with van der Waals surface area (Å²) in [5, 5.41) is 10.7. The third-order valence-electron chi connectivity index (χ3n) is 1.60. The first-order chi connectivity index (χ1) is 6.15. The molecular formula is C9H7ClN2O. The van der Waals surface area contributed by atoms with Crippen molar-refractivity contribution in [2.24, 2.45) is 0 Å². The summed E-state index contributed by atoms with van der Waals surface area (Å²) < 4.78 is 0. The van der Waals surface area contributed by atoms with Crippen molar-refractivity contribution in [2.45, 2.75) is 6.92 Å². The molecule has 0 aromatic heterocycles. The van der Waals surface area contributed by atoms with Crippen molar-refractivity contribution in [3.05, 3.63) is 34.3 Å². The molecule has 0 saturated heterocycles. The summed E-state index contributed by atoms with van der Waals surface area (Å²) >= 11 is 5.80. The monoisotopic (exact) mass is 194 g/mol. The van der Waals surface area contributed by atoms with E-state index in [1.807, 2.05) is 12.2 Å². The minimum absolute atomic E-state index is 0.386. The van der Waals surface area contributed by atoms with Gasteiger partial charge in [-0.25, -0.2) is 0 Å². The first-order valence-electron chi connectivity index (χ1n) is 3.60. The summed E-state index contributed by atoms with van der Waals surface area (Å²) in [6.07, 6.45) is 1.56. The van der Waals surface area contributed by atoms with Crippen molar-refractivity contribution in [1.29, 1.82) is 5.26 Å². The molecule has 0 spiro atoms. The molecule has 0 aliphatic rings. The lowest BCUT2D eigenvalue weighted by molar-refractivity contribution is 0.0973. The second-order valence-corrected chi connectivity index (χ2v) is 2.94. The average molecular weight is 195 g/mol. The Kier molecular flexibility index (Phi) is 2.88. The van der Waals surface area contributed by atoms with Crippen molar-refractivity contribution < 1.29 is 4.79 Å². The summed E-state index contributed by atoms with van der Waals surface area (Å²) in [7, 11) is 0. The molecule has 3 nitrogen and oxygen atoms in total. The van der Waals surface area contributed by atoms with Gasteiger partial charge in [0.2, 0.25) is 0 Å². The number of nitrogens with one attached hydrogen (secondary N) is 1. The number of carbonyl (C=O) groups excluding carboxylic acids is 1. The van der Waals surface area contributed by atoms with E-state index in [0.717, 1.165) is 5.56 Å². The number of halogens is 1. The van der Waals surface area contributed by atoms with Crippen LogP contribution in [0.2, 0.25) is 5.02 Å². The molecular weight excluding hydrogens is 188 g/mol. The molecule has 0 aliphatic carbocycles. The van der Waals surface area contributed by atoms with Crippen molar-refractivity contribution in [1.82, 2.24) is 5.32 Å². The topological polar surface area (TPSA) is 52.9 Å². The second-order valence-electron chi connectivity index (χ2n) is 2.53. The molecule has 1 N–H and O–H groups in total. The molecule has 1 rings (SSSR count). The largest absolute Gasteiger partial charge is 0.268 e. The Morgan fingerprint density at radius 3 is 2.85 bits per heavy atom. The van der Waals surface area contributed by atoms with Gasteiger partial charge >= 0.3 is 0 Å². The van der Waals surface area contributed by atoms with E-state index < -0.39 is 5.91 Å². The maximum atomic E-state index is 11.1.